The van der Waals surface area contributed by atoms with Gasteiger partial charge in [0.05, 0.1) is 6.04 Å². The van der Waals surface area contributed by atoms with Gasteiger partial charge in [-0.1, -0.05) is 35.4 Å². The third-order valence-electron chi connectivity index (χ3n) is 3.39. The standard InChI is InChI=1S/C17H20ClNO/c1-12-4-5-13(2)16(10-12)17(19-3)11-20-15-8-6-14(18)7-9-15/h4-10,17,19H,11H2,1-3H3. The van der Waals surface area contributed by atoms with E-state index >= 15 is 0 Å². The average Bonchev–Trinajstić information content (AvgIpc) is 2.45. The number of hydrogen-bond donors (Lipinski definition) is 1. The van der Waals surface area contributed by atoms with Crippen molar-refractivity contribution in [3.63, 3.8) is 0 Å². The number of nitrogens with one attached hydrogen (secondary N) is 1. The Morgan fingerprint density at radius 3 is 2.45 bits per heavy atom. The van der Waals surface area contributed by atoms with Crippen molar-refractivity contribution < 1.29 is 4.74 Å². The Morgan fingerprint density at radius 2 is 1.80 bits per heavy atom. The minimum absolute atomic E-state index is 0.172. The molecule has 0 amide bonds. The van der Waals surface area contributed by atoms with E-state index in [2.05, 4.69) is 37.4 Å². The lowest BCUT2D eigenvalue weighted by Crippen LogP contribution is -2.24. The van der Waals surface area contributed by atoms with Crippen LogP contribution >= 0.6 is 11.6 Å². The normalized spacial score (nSPS) is 12.2. The summed E-state index contributed by atoms with van der Waals surface area (Å²) in [6.45, 7) is 4.82. The summed E-state index contributed by atoms with van der Waals surface area (Å²) in [4.78, 5) is 0. The summed E-state index contributed by atoms with van der Waals surface area (Å²) in [5.41, 5.74) is 3.81. The van der Waals surface area contributed by atoms with Crippen LogP contribution in [0.5, 0.6) is 5.75 Å². The Hall–Kier alpha value is -1.51. The van der Waals surface area contributed by atoms with Crippen molar-refractivity contribution in [3.05, 3.63) is 64.2 Å². The maximum Gasteiger partial charge on any atom is 0.119 e. The molecule has 20 heavy (non-hydrogen) atoms. The lowest BCUT2D eigenvalue weighted by molar-refractivity contribution is 0.272. The molecule has 106 valence electrons. The summed E-state index contributed by atoms with van der Waals surface area (Å²) >= 11 is 5.87. The highest BCUT2D eigenvalue weighted by Gasteiger charge is 2.13. The van der Waals surface area contributed by atoms with Crippen LogP contribution in [-0.2, 0) is 0 Å². The Kier molecular flexibility index (Phi) is 5.05. The Bertz CT molecular complexity index is 566. The largest absolute Gasteiger partial charge is 0.492 e. The first-order valence-corrected chi connectivity index (χ1v) is 7.10. The van der Waals surface area contributed by atoms with Crippen molar-refractivity contribution in [1.82, 2.24) is 5.32 Å². The molecule has 0 spiro atoms. The molecule has 2 nitrogen and oxygen atoms in total. The van der Waals surface area contributed by atoms with Crippen molar-refractivity contribution in [2.45, 2.75) is 19.9 Å². The van der Waals surface area contributed by atoms with Crippen LogP contribution < -0.4 is 10.1 Å². The average molecular weight is 290 g/mol. The molecule has 1 atom stereocenters. The number of ether oxygens (including phenoxy) is 1. The van der Waals surface area contributed by atoms with E-state index in [9.17, 15) is 0 Å². The van der Waals surface area contributed by atoms with Gasteiger partial charge in [0.2, 0.25) is 0 Å². The van der Waals surface area contributed by atoms with E-state index < -0.39 is 0 Å². The van der Waals surface area contributed by atoms with Crippen molar-refractivity contribution in [2.24, 2.45) is 0 Å². The summed E-state index contributed by atoms with van der Waals surface area (Å²) in [5.74, 6) is 0.833. The predicted molar refractivity (Wildman–Crippen MR) is 84.7 cm³/mol. The highest BCUT2D eigenvalue weighted by molar-refractivity contribution is 6.30. The van der Waals surface area contributed by atoms with Crippen LogP contribution in [0.2, 0.25) is 5.02 Å². The van der Waals surface area contributed by atoms with Gasteiger partial charge in [-0.3, -0.25) is 0 Å². The van der Waals surface area contributed by atoms with Gasteiger partial charge in [0.1, 0.15) is 12.4 Å². The number of rotatable bonds is 5. The van der Waals surface area contributed by atoms with Gasteiger partial charge in [-0.25, -0.2) is 0 Å². The molecule has 2 aromatic rings. The second kappa shape index (κ2) is 6.78. The Balaban J connectivity index is 2.09. The predicted octanol–water partition coefficient (Wildman–Crippen LogP) is 4.30. The van der Waals surface area contributed by atoms with E-state index in [0.29, 0.717) is 6.61 Å². The molecule has 0 fully saturated rings. The van der Waals surface area contributed by atoms with Crippen LogP contribution in [0.15, 0.2) is 42.5 Å². The third kappa shape index (κ3) is 3.75. The zero-order chi connectivity index (χ0) is 14.5. The third-order valence-corrected chi connectivity index (χ3v) is 3.64. The minimum Gasteiger partial charge on any atom is -0.492 e. The second-order valence-electron chi connectivity index (χ2n) is 4.97. The Morgan fingerprint density at radius 1 is 1.10 bits per heavy atom. The van der Waals surface area contributed by atoms with Gasteiger partial charge in [0, 0.05) is 5.02 Å². The molecule has 0 aromatic heterocycles. The van der Waals surface area contributed by atoms with Crippen LogP contribution in [0.1, 0.15) is 22.7 Å². The number of likely N-dealkylation sites (N-methyl/N-ethyl adjacent to an activating group) is 1. The SMILES string of the molecule is CNC(COc1ccc(Cl)cc1)c1cc(C)ccc1C. The molecule has 3 heteroatoms. The molecule has 0 aliphatic heterocycles. The van der Waals surface area contributed by atoms with Crippen LogP contribution in [0, 0.1) is 13.8 Å². The van der Waals surface area contributed by atoms with Gasteiger partial charge >= 0.3 is 0 Å². The zero-order valence-corrected chi connectivity index (χ0v) is 12.9. The molecule has 2 rings (SSSR count). The van der Waals surface area contributed by atoms with Gasteiger partial charge in [-0.05, 0) is 56.3 Å². The van der Waals surface area contributed by atoms with Gasteiger partial charge in [-0.2, -0.15) is 0 Å². The first kappa shape index (κ1) is 14.9. The van der Waals surface area contributed by atoms with Crippen LogP contribution in [0.4, 0.5) is 0 Å². The van der Waals surface area contributed by atoms with E-state index in [0.717, 1.165) is 10.8 Å². The molecular formula is C17H20ClNO. The van der Waals surface area contributed by atoms with Crippen LogP contribution in [0.25, 0.3) is 0 Å². The van der Waals surface area contributed by atoms with Gasteiger partial charge < -0.3 is 10.1 Å². The summed E-state index contributed by atoms with van der Waals surface area (Å²) in [6, 6.07) is 14.1. The van der Waals surface area contributed by atoms with Gasteiger partial charge in [0.25, 0.3) is 0 Å². The quantitative estimate of drug-likeness (QED) is 0.886. The molecule has 0 bridgehead atoms. The number of benzene rings is 2. The molecule has 2 aromatic carbocycles. The maximum absolute atomic E-state index is 5.87. The van der Waals surface area contributed by atoms with E-state index in [1.165, 1.54) is 16.7 Å². The topological polar surface area (TPSA) is 21.3 Å². The van der Waals surface area contributed by atoms with Crippen LogP contribution in [-0.4, -0.2) is 13.7 Å². The number of halogens is 1. The molecule has 0 aliphatic carbocycles. The summed E-state index contributed by atoms with van der Waals surface area (Å²) < 4.78 is 5.84. The number of hydrogen-bond acceptors (Lipinski definition) is 2. The molecule has 0 heterocycles. The highest BCUT2D eigenvalue weighted by atomic mass is 35.5. The maximum atomic E-state index is 5.87. The fourth-order valence-electron chi connectivity index (χ4n) is 2.17. The summed E-state index contributed by atoms with van der Waals surface area (Å²) in [7, 11) is 1.96. The van der Waals surface area contributed by atoms with Gasteiger partial charge in [0.15, 0.2) is 0 Å². The second-order valence-corrected chi connectivity index (χ2v) is 5.40. The van der Waals surface area contributed by atoms with E-state index in [-0.39, 0.29) is 6.04 Å². The van der Waals surface area contributed by atoms with Crippen molar-refractivity contribution in [3.8, 4) is 5.75 Å². The molecule has 0 radical (unpaired) electrons. The molecular weight excluding hydrogens is 270 g/mol. The zero-order valence-electron chi connectivity index (χ0n) is 12.1. The molecule has 0 saturated carbocycles. The van der Waals surface area contributed by atoms with Crippen LogP contribution in [0.3, 0.4) is 0 Å². The molecule has 0 saturated heterocycles. The Labute approximate surface area is 125 Å². The first-order chi connectivity index (χ1) is 9.60. The monoisotopic (exact) mass is 289 g/mol. The number of aryl methyl sites for hydroxylation is 2. The van der Waals surface area contributed by atoms with Crippen molar-refractivity contribution in [1.29, 1.82) is 0 Å². The lowest BCUT2D eigenvalue weighted by Gasteiger charge is -2.20. The van der Waals surface area contributed by atoms with E-state index in [1.807, 2.05) is 31.3 Å². The van der Waals surface area contributed by atoms with Gasteiger partial charge in [-0.15, -0.1) is 0 Å². The lowest BCUT2D eigenvalue weighted by atomic mass is 9.99. The van der Waals surface area contributed by atoms with E-state index in [4.69, 9.17) is 16.3 Å². The smallest absolute Gasteiger partial charge is 0.119 e. The first-order valence-electron chi connectivity index (χ1n) is 6.73. The van der Waals surface area contributed by atoms with Crippen molar-refractivity contribution in [2.75, 3.05) is 13.7 Å². The highest BCUT2D eigenvalue weighted by Crippen LogP contribution is 2.21. The summed E-state index contributed by atoms with van der Waals surface area (Å²) in [5, 5.41) is 4.04. The van der Waals surface area contributed by atoms with Crippen molar-refractivity contribution >= 4 is 11.6 Å². The van der Waals surface area contributed by atoms with E-state index in [1.54, 1.807) is 0 Å². The molecule has 1 N–H and O–H groups in total. The molecule has 1 unspecified atom stereocenters. The molecule has 0 aliphatic rings. The summed E-state index contributed by atoms with van der Waals surface area (Å²) in [6.07, 6.45) is 0. The fourth-order valence-corrected chi connectivity index (χ4v) is 2.30. The fraction of sp³-hybridized carbons (Fsp3) is 0.294. The minimum atomic E-state index is 0.172.